The standard InChI is InChI=1S/C16H25N3/c1-3-10-19(15-7-8-15)16-9-4-13(12(2)18-16)11-17-14-5-6-14/h4,9,14-15,17H,3,5-8,10-11H2,1-2H3. The zero-order valence-electron chi connectivity index (χ0n) is 12.2. The van der Waals surface area contributed by atoms with E-state index >= 15 is 0 Å². The Labute approximate surface area is 116 Å². The number of rotatable bonds is 7. The number of nitrogens with zero attached hydrogens (tertiary/aromatic N) is 2. The fraction of sp³-hybridized carbons (Fsp3) is 0.688. The largest absolute Gasteiger partial charge is 0.354 e. The minimum absolute atomic E-state index is 0.752. The van der Waals surface area contributed by atoms with E-state index < -0.39 is 0 Å². The molecule has 2 aliphatic carbocycles. The molecule has 2 aliphatic rings. The summed E-state index contributed by atoms with van der Waals surface area (Å²) in [5.74, 6) is 1.18. The predicted molar refractivity (Wildman–Crippen MR) is 79.5 cm³/mol. The topological polar surface area (TPSA) is 28.2 Å². The van der Waals surface area contributed by atoms with E-state index in [2.05, 4.69) is 36.2 Å². The van der Waals surface area contributed by atoms with Gasteiger partial charge in [-0.2, -0.15) is 0 Å². The van der Waals surface area contributed by atoms with E-state index in [-0.39, 0.29) is 0 Å². The summed E-state index contributed by atoms with van der Waals surface area (Å²) in [6.07, 6.45) is 6.56. The van der Waals surface area contributed by atoms with Crippen molar-refractivity contribution in [2.24, 2.45) is 0 Å². The zero-order chi connectivity index (χ0) is 13.2. The number of anilines is 1. The van der Waals surface area contributed by atoms with Crippen LogP contribution in [0.1, 0.15) is 50.3 Å². The Morgan fingerprint density at radius 1 is 1.26 bits per heavy atom. The van der Waals surface area contributed by atoms with Crippen LogP contribution in [0.2, 0.25) is 0 Å². The molecule has 0 aliphatic heterocycles. The van der Waals surface area contributed by atoms with Crippen LogP contribution in [0.15, 0.2) is 12.1 Å². The summed E-state index contributed by atoms with van der Waals surface area (Å²) in [6.45, 7) is 6.50. The van der Waals surface area contributed by atoms with Crippen LogP contribution in [0.3, 0.4) is 0 Å². The first-order valence-electron chi connectivity index (χ1n) is 7.74. The first kappa shape index (κ1) is 12.9. The lowest BCUT2D eigenvalue weighted by Gasteiger charge is -2.23. The molecule has 2 saturated carbocycles. The Morgan fingerprint density at radius 3 is 2.63 bits per heavy atom. The van der Waals surface area contributed by atoms with E-state index in [4.69, 9.17) is 4.98 Å². The van der Waals surface area contributed by atoms with Crippen LogP contribution in [0.4, 0.5) is 5.82 Å². The first-order chi connectivity index (χ1) is 9.28. The fourth-order valence-corrected chi connectivity index (χ4v) is 2.58. The lowest BCUT2D eigenvalue weighted by atomic mass is 10.2. The molecule has 0 saturated heterocycles. The van der Waals surface area contributed by atoms with Crippen LogP contribution in [-0.2, 0) is 6.54 Å². The van der Waals surface area contributed by atoms with Gasteiger partial charge in [0.2, 0.25) is 0 Å². The fourth-order valence-electron chi connectivity index (χ4n) is 2.58. The van der Waals surface area contributed by atoms with E-state index in [1.807, 2.05) is 0 Å². The first-order valence-corrected chi connectivity index (χ1v) is 7.74. The van der Waals surface area contributed by atoms with Gasteiger partial charge in [0.1, 0.15) is 5.82 Å². The molecular formula is C16H25N3. The molecule has 0 atom stereocenters. The summed E-state index contributed by atoms with van der Waals surface area (Å²) >= 11 is 0. The molecule has 1 heterocycles. The molecule has 3 rings (SSSR count). The second kappa shape index (κ2) is 5.49. The van der Waals surface area contributed by atoms with Crippen molar-refractivity contribution in [3.05, 3.63) is 23.4 Å². The third-order valence-corrected chi connectivity index (χ3v) is 4.09. The summed E-state index contributed by atoms with van der Waals surface area (Å²) in [4.78, 5) is 7.33. The highest BCUT2D eigenvalue weighted by Gasteiger charge is 2.29. The highest BCUT2D eigenvalue weighted by atomic mass is 15.2. The molecule has 0 spiro atoms. The Balaban J connectivity index is 1.69. The van der Waals surface area contributed by atoms with E-state index in [0.717, 1.165) is 25.2 Å². The molecule has 1 aromatic heterocycles. The van der Waals surface area contributed by atoms with Crippen LogP contribution in [0, 0.1) is 6.92 Å². The van der Waals surface area contributed by atoms with Gasteiger partial charge in [0.05, 0.1) is 0 Å². The lowest BCUT2D eigenvalue weighted by molar-refractivity contribution is 0.680. The summed E-state index contributed by atoms with van der Waals surface area (Å²) in [7, 11) is 0. The average molecular weight is 259 g/mol. The molecule has 0 unspecified atom stereocenters. The highest BCUT2D eigenvalue weighted by Crippen LogP contribution is 2.31. The van der Waals surface area contributed by atoms with Gasteiger partial charge in [-0.05, 0) is 50.7 Å². The van der Waals surface area contributed by atoms with Crippen molar-refractivity contribution in [1.82, 2.24) is 10.3 Å². The maximum atomic E-state index is 4.84. The summed E-state index contributed by atoms with van der Waals surface area (Å²) in [6, 6.07) is 5.99. The van der Waals surface area contributed by atoms with Gasteiger partial charge in [-0.3, -0.25) is 0 Å². The summed E-state index contributed by atoms with van der Waals surface area (Å²) < 4.78 is 0. The van der Waals surface area contributed by atoms with Gasteiger partial charge in [-0.15, -0.1) is 0 Å². The van der Waals surface area contributed by atoms with Crippen molar-refractivity contribution in [3.8, 4) is 0 Å². The van der Waals surface area contributed by atoms with E-state index in [0.29, 0.717) is 0 Å². The molecule has 0 radical (unpaired) electrons. The van der Waals surface area contributed by atoms with E-state index in [1.165, 1.54) is 49.2 Å². The third kappa shape index (κ3) is 3.27. The number of aromatic nitrogens is 1. The van der Waals surface area contributed by atoms with Crippen LogP contribution < -0.4 is 10.2 Å². The molecule has 3 heteroatoms. The smallest absolute Gasteiger partial charge is 0.129 e. The maximum absolute atomic E-state index is 4.84. The van der Waals surface area contributed by atoms with Gasteiger partial charge >= 0.3 is 0 Å². The molecule has 0 bridgehead atoms. The summed E-state index contributed by atoms with van der Waals surface area (Å²) in [5.41, 5.74) is 2.54. The lowest BCUT2D eigenvalue weighted by Crippen LogP contribution is -2.27. The Morgan fingerprint density at radius 2 is 2.05 bits per heavy atom. The highest BCUT2D eigenvalue weighted by molar-refractivity contribution is 5.44. The van der Waals surface area contributed by atoms with Crippen LogP contribution in [0.25, 0.3) is 0 Å². The minimum atomic E-state index is 0.752. The van der Waals surface area contributed by atoms with Gasteiger partial charge in [-0.25, -0.2) is 4.98 Å². The number of pyridine rings is 1. The van der Waals surface area contributed by atoms with E-state index in [1.54, 1.807) is 0 Å². The second-order valence-electron chi connectivity index (χ2n) is 5.99. The summed E-state index contributed by atoms with van der Waals surface area (Å²) in [5, 5.41) is 3.57. The Hall–Kier alpha value is -1.09. The number of aryl methyl sites for hydroxylation is 1. The molecule has 3 nitrogen and oxygen atoms in total. The molecule has 104 valence electrons. The van der Waals surface area contributed by atoms with Gasteiger partial charge < -0.3 is 10.2 Å². The van der Waals surface area contributed by atoms with Crippen molar-refractivity contribution < 1.29 is 0 Å². The van der Waals surface area contributed by atoms with Gasteiger partial charge in [0.25, 0.3) is 0 Å². The van der Waals surface area contributed by atoms with Crippen LogP contribution in [-0.4, -0.2) is 23.6 Å². The maximum Gasteiger partial charge on any atom is 0.129 e. The number of nitrogens with one attached hydrogen (secondary N) is 1. The minimum Gasteiger partial charge on any atom is -0.354 e. The molecule has 19 heavy (non-hydrogen) atoms. The SMILES string of the molecule is CCCN(c1ccc(CNC2CC2)c(C)n1)C1CC1. The average Bonchev–Trinajstić information content (AvgIpc) is 3.28. The van der Waals surface area contributed by atoms with Crippen LogP contribution in [0.5, 0.6) is 0 Å². The van der Waals surface area contributed by atoms with Crippen molar-refractivity contribution >= 4 is 5.82 Å². The molecule has 1 N–H and O–H groups in total. The Bertz CT molecular complexity index is 436. The van der Waals surface area contributed by atoms with Crippen molar-refractivity contribution in [3.63, 3.8) is 0 Å². The van der Waals surface area contributed by atoms with Gasteiger partial charge in [-0.1, -0.05) is 13.0 Å². The predicted octanol–water partition coefficient (Wildman–Crippen LogP) is 3.02. The molecule has 1 aromatic rings. The van der Waals surface area contributed by atoms with Gasteiger partial charge in [0, 0.05) is 30.9 Å². The van der Waals surface area contributed by atoms with Crippen molar-refractivity contribution in [2.45, 2.75) is 64.6 Å². The number of hydrogen-bond donors (Lipinski definition) is 1. The third-order valence-electron chi connectivity index (χ3n) is 4.09. The van der Waals surface area contributed by atoms with Crippen molar-refractivity contribution in [2.75, 3.05) is 11.4 Å². The second-order valence-corrected chi connectivity index (χ2v) is 5.99. The molecular weight excluding hydrogens is 234 g/mol. The van der Waals surface area contributed by atoms with Crippen LogP contribution >= 0.6 is 0 Å². The quantitative estimate of drug-likeness (QED) is 0.816. The zero-order valence-corrected chi connectivity index (χ0v) is 12.2. The number of hydrogen-bond acceptors (Lipinski definition) is 3. The molecule has 0 aromatic carbocycles. The Kier molecular flexibility index (Phi) is 3.74. The van der Waals surface area contributed by atoms with Crippen molar-refractivity contribution in [1.29, 1.82) is 0 Å². The molecule has 2 fully saturated rings. The monoisotopic (exact) mass is 259 g/mol. The van der Waals surface area contributed by atoms with E-state index in [9.17, 15) is 0 Å². The normalized spacial score (nSPS) is 18.6. The molecule has 0 amide bonds. The van der Waals surface area contributed by atoms with Gasteiger partial charge in [0.15, 0.2) is 0 Å².